The number of urea groups is 1. The fourth-order valence-corrected chi connectivity index (χ4v) is 4.75. The zero-order valence-electron chi connectivity index (χ0n) is 20.6. The Balaban J connectivity index is 1.89. The zero-order valence-corrected chi connectivity index (χ0v) is 21.3. The fraction of sp³-hybridized carbons (Fsp3) is 0.286. The molecule has 1 unspecified atom stereocenters. The van der Waals surface area contributed by atoms with Gasteiger partial charge in [0.25, 0.3) is 6.47 Å². The van der Waals surface area contributed by atoms with Gasteiger partial charge in [-0.25, -0.2) is 14.6 Å². The second-order valence-corrected chi connectivity index (χ2v) is 9.83. The van der Waals surface area contributed by atoms with E-state index >= 15 is 0 Å². The van der Waals surface area contributed by atoms with Gasteiger partial charge in [-0.3, -0.25) is 10.1 Å². The van der Waals surface area contributed by atoms with Gasteiger partial charge in [0.15, 0.2) is 5.82 Å². The number of carbonyl (C=O) groups is 3. The summed E-state index contributed by atoms with van der Waals surface area (Å²) in [6.07, 6.45) is 2.56. The lowest BCUT2D eigenvalue weighted by Gasteiger charge is -2.34. The Kier molecular flexibility index (Phi) is 7.52. The largest absolute Gasteiger partial charge is 0.468 e. The first kappa shape index (κ1) is 25.5. The van der Waals surface area contributed by atoms with Crippen LogP contribution >= 0.6 is 11.6 Å². The molecule has 3 aromatic rings. The number of fused-ring (bicyclic) bond motifs is 1. The van der Waals surface area contributed by atoms with Gasteiger partial charge in [0.2, 0.25) is 0 Å². The molecule has 0 aliphatic carbocycles. The number of anilines is 1. The molecule has 1 aliphatic rings. The number of halogens is 1. The highest BCUT2D eigenvalue weighted by molar-refractivity contribution is 6.30. The molecule has 0 radical (unpaired) electrons. The van der Waals surface area contributed by atoms with Crippen molar-refractivity contribution in [1.82, 2.24) is 4.98 Å². The predicted molar refractivity (Wildman–Crippen MR) is 139 cm³/mol. The Hall–Kier alpha value is -3.55. The van der Waals surface area contributed by atoms with E-state index < -0.39 is 10.5 Å². The number of pyridine rings is 1. The van der Waals surface area contributed by atoms with E-state index in [0.717, 1.165) is 27.8 Å². The summed E-state index contributed by atoms with van der Waals surface area (Å²) in [6, 6.07) is 15.2. The molecule has 0 fully saturated rings. The van der Waals surface area contributed by atoms with Crippen molar-refractivity contribution in [2.45, 2.75) is 32.6 Å². The summed E-state index contributed by atoms with van der Waals surface area (Å²) in [5, 5.41) is 3.47. The number of ether oxygens (including phenoxy) is 1. The molecule has 1 aromatic heterocycles. The minimum atomic E-state index is -0.486. The van der Waals surface area contributed by atoms with Crippen LogP contribution in [0.2, 0.25) is 5.02 Å². The number of nitrogens with one attached hydrogen (secondary N) is 1. The van der Waals surface area contributed by atoms with Crippen LogP contribution in [0.25, 0.3) is 11.1 Å². The fourth-order valence-electron chi connectivity index (χ4n) is 4.62. The van der Waals surface area contributed by atoms with E-state index in [2.05, 4.69) is 30.2 Å². The number of hydrogen-bond donors (Lipinski definition) is 1. The number of quaternary nitrogens is 1. The molecular weight excluding hydrogens is 478 g/mol. The third-order valence-corrected chi connectivity index (χ3v) is 6.88. The number of hydrogen-bond acceptors (Lipinski definition) is 5. The summed E-state index contributed by atoms with van der Waals surface area (Å²) in [6.45, 7) is 4.93. The number of rotatable bonds is 9. The lowest BCUT2D eigenvalue weighted by molar-refractivity contribution is -0.743. The van der Waals surface area contributed by atoms with E-state index in [9.17, 15) is 14.4 Å². The average Bonchev–Trinajstić information content (AvgIpc) is 2.87. The number of nitrogens with zero attached hydrogens (tertiary/aromatic N) is 2. The molecule has 0 spiro atoms. The van der Waals surface area contributed by atoms with Gasteiger partial charge in [-0.2, -0.15) is 4.48 Å². The predicted octanol–water partition coefficient (Wildman–Crippen LogP) is 5.81. The van der Waals surface area contributed by atoms with Crippen molar-refractivity contribution in [1.29, 1.82) is 0 Å². The first-order valence-corrected chi connectivity index (χ1v) is 12.3. The Bertz CT molecular complexity index is 1310. The summed E-state index contributed by atoms with van der Waals surface area (Å²) >= 11 is 6.11. The Morgan fingerprint density at radius 3 is 2.50 bits per heavy atom. The van der Waals surface area contributed by atoms with Gasteiger partial charge in [0.05, 0.1) is 20.2 Å². The number of aromatic nitrogens is 1. The molecule has 3 amide bonds. The van der Waals surface area contributed by atoms with Crippen LogP contribution in [-0.4, -0.2) is 48.1 Å². The first-order valence-electron chi connectivity index (χ1n) is 11.9. The zero-order chi connectivity index (χ0) is 25.9. The highest BCUT2D eigenvalue weighted by Crippen LogP contribution is 2.38. The molecule has 2 heterocycles. The summed E-state index contributed by atoms with van der Waals surface area (Å²) < 4.78 is 4.29. The van der Waals surface area contributed by atoms with Gasteiger partial charge in [-0.15, -0.1) is 0 Å². The van der Waals surface area contributed by atoms with E-state index in [1.165, 1.54) is 0 Å². The first-order chi connectivity index (χ1) is 17.3. The van der Waals surface area contributed by atoms with Gasteiger partial charge < -0.3 is 4.74 Å². The van der Waals surface area contributed by atoms with E-state index in [0.29, 0.717) is 29.9 Å². The van der Waals surface area contributed by atoms with Crippen LogP contribution in [0, 0.1) is 0 Å². The van der Waals surface area contributed by atoms with E-state index in [4.69, 9.17) is 16.3 Å². The molecule has 1 aliphatic heterocycles. The van der Waals surface area contributed by atoms with Crippen molar-refractivity contribution in [3.8, 4) is 11.1 Å². The van der Waals surface area contributed by atoms with Crippen molar-refractivity contribution < 1.29 is 23.6 Å². The topological polar surface area (TPSA) is 85.4 Å². The highest BCUT2D eigenvalue weighted by Gasteiger charge is 2.48. The maximum absolute atomic E-state index is 14.0. The normalized spacial score (nSPS) is 17.0. The molecule has 0 bridgehead atoms. The van der Waals surface area contributed by atoms with Gasteiger partial charge >= 0.3 is 11.9 Å². The quantitative estimate of drug-likeness (QED) is 0.225. The molecule has 0 saturated heterocycles. The highest BCUT2D eigenvalue weighted by atomic mass is 35.5. The number of carbonyl (C=O) groups excluding carboxylic acids is 3. The van der Waals surface area contributed by atoms with Gasteiger partial charge in [-0.1, -0.05) is 61.8 Å². The molecule has 1 atom stereocenters. The molecule has 186 valence electrons. The molecule has 1 N–H and O–H groups in total. The number of imide groups is 1. The van der Waals surface area contributed by atoms with Gasteiger partial charge in [0, 0.05) is 23.2 Å². The van der Waals surface area contributed by atoms with Crippen molar-refractivity contribution in [3.05, 3.63) is 82.0 Å². The smallest absolute Gasteiger partial charge is 0.429 e. The van der Waals surface area contributed by atoms with Crippen LogP contribution in [-0.2, 0) is 16.0 Å². The molecule has 7 nitrogen and oxygen atoms in total. The van der Waals surface area contributed by atoms with E-state index in [-0.39, 0.29) is 30.8 Å². The lowest BCUT2D eigenvalue weighted by Crippen LogP contribution is -2.59. The average molecular weight is 507 g/mol. The molecule has 2 aromatic carbocycles. The summed E-state index contributed by atoms with van der Waals surface area (Å²) in [5.74, 6) is 0.189. The van der Waals surface area contributed by atoms with Crippen molar-refractivity contribution in [2.24, 2.45) is 0 Å². The van der Waals surface area contributed by atoms with Crippen LogP contribution in [0.15, 0.2) is 54.7 Å². The molecule has 4 rings (SSSR count). The van der Waals surface area contributed by atoms with Gasteiger partial charge in [0.1, 0.15) is 5.56 Å². The number of benzene rings is 2. The molecular formula is C28H29ClN3O4+. The summed E-state index contributed by atoms with van der Waals surface area (Å²) in [4.78, 5) is 42.1. The van der Waals surface area contributed by atoms with E-state index in [1.807, 2.05) is 42.5 Å². The standard InChI is InChI=1S/C28H28ClN3O4/c1-18(2)21-7-4-5-8-22(21)24-16-30-26-25(23(24)15-19-9-11-20(29)12-10-19)27(34)32(3,28(35)31-26)13-6-14-36-17-33/h4-5,7-12,16-18H,6,13-15H2,1-3H3/p+1. The minimum Gasteiger partial charge on any atom is -0.468 e. The summed E-state index contributed by atoms with van der Waals surface area (Å²) in [7, 11) is 1.59. The monoisotopic (exact) mass is 506 g/mol. The maximum Gasteiger partial charge on any atom is 0.429 e. The van der Waals surface area contributed by atoms with Crippen molar-refractivity contribution >= 4 is 35.8 Å². The maximum atomic E-state index is 14.0. The lowest BCUT2D eigenvalue weighted by atomic mass is 9.86. The van der Waals surface area contributed by atoms with Crippen LogP contribution in [0.4, 0.5) is 10.6 Å². The van der Waals surface area contributed by atoms with Crippen LogP contribution in [0.1, 0.15) is 53.2 Å². The van der Waals surface area contributed by atoms with Crippen LogP contribution in [0.5, 0.6) is 0 Å². The van der Waals surface area contributed by atoms with Crippen LogP contribution < -0.4 is 5.32 Å². The number of amides is 3. The third kappa shape index (κ3) is 4.90. The van der Waals surface area contributed by atoms with Crippen LogP contribution in [0.3, 0.4) is 0 Å². The SMILES string of the molecule is CC(C)c1ccccc1-c1cnc2c(c1Cc1ccc(Cl)cc1)C(=O)[N+](C)(CCCOC=O)C(=O)N2. The minimum absolute atomic E-state index is 0.127. The third-order valence-electron chi connectivity index (χ3n) is 6.62. The Labute approximate surface area is 215 Å². The Morgan fingerprint density at radius 2 is 1.81 bits per heavy atom. The molecule has 8 heteroatoms. The second-order valence-electron chi connectivity index (χ2n) is 9.39. The van der Waals surface area contributed by atoms with Gasteiger partial charge in [-0.05, 0) is 46.7 Å². The van der Waals surface area contributed by atoms with Crippen molar-refractivity contribution in [3.63, 3.8) is 0 Å². The second kappa shape index (κ2) is 10.6. The van der Waals surface area contributed by atoms with E-state index in [1.54, 1.807) is 13.2 Å². The molecule has 0 saturated carbocycles. The summed E-state index contributed by atoms with van der Waals surface area (Å²) in [5.41, 5.74) is 5.19. The molecule has 36 heavy (non-hydrogen) atoms. The van der Waals surface area contributed by atoms with Crippen molar-refractivity contribution in [2.75, 3.05) is 25.5 Å². The Morgan fingerprint density at radius 1 is 1.08 bits per heavy atom.